The lowest BCUT2D eigenvalue weighted by molar-refractivity contribution is -0.493. The summed E-state index contributed by atoms with van der Waals surface area (Å²) in [6.45, 7) is 2.47. The van der Waals surface area contributed by atoms with E-state index in [0.29, 0.717) is 6.54 Å². The van der Waals surface area contributed by atoms with Crippen molar-refractivity contribution in [3.63, 3.8) is 0 Å². The molecule has 0 saturated carbocycles. The highest BCUT2D eigenvalue weighted by atomic mass is 16.2. The Morgan fingerprint density at radius 2 is 1.90 bits per heavy atom. The normalized spacial score (nSPS) is 10.5. The average molecular weight is 281 g/mol. The first kappa shape index (κ1) is 13.2. The van der Waals surface area contributed by atoms with E-state index in [9.17, 15) is 4.79 Å². The van der Waals surface area contributed by atoms with E-state index in [1.807, 2.05) is 66.1 Å². The molecule has 3 aromatic rings. The Morgan fingerprint density at radius 1 is 1.14 bits per heavy atom. The number of urea groups is 1. The number of aromatic nitrogens is 2. The SMILES string of the molecule is CCNC(=O)Nc1c(-c2ccccc2)[nH]c2cccc[n+]12. The highest BCUT2D eigenvalue weighted by molar-refractivity contribution is 5.91. The smallest absolute Gasteiger partial charge is 0.325 e. The maximum atomic E-state index is 11.9. The van der Waals surface area contributed by atoms with E-state index in [0.717, 1.165) is 22.7 Å². The number of pyridine rings is 1. The Labute approximate surface area is 122 Å². The molecular formula is C16H17N4O+. The maximum absolute atomic E-state index is 11.9. The van der Waals surface area contributed by atoms with Gasteiger partial charge in [0.25, 0.3) is 5.82 Å². The van der Waals surface area contributed by atoms with Crippen LogP contribution in [0.2, 0.25) is 0 Å². The van der Waals surface area contributed by atoms with E-state index in [1.165, 1.54) is 0 Å². The number of aromatic amines is 1. The number of hydrogen-bond donors (Lipinski definition) is 3. The van der Waals surface area contributed by atoms with E-state index in [-0.39, 0.29) is 6.03 Å². The van der Waals surface area contributed by atoms with Gasteiger partial charge in [-0.05, 0) is 13.0 Å². The van der Waals surface area contributed by atoms with Crippen LogP contribution in [0.3, 0.4) is 0 Å². The fourth-order valence-corrected chi connectivity index (χ4v) is 2.30. The van der Waals surface area contributed by atoms with Gasteiger partial charge in [0.15, 0.2) is 5.69 Å². The maximum Gasteiger partial charge on any atom is 0.377 e. The number of hydrogen-bond acceptors (Lipinski definition) is 1. The summed E-state index contributed by atoms with van der Waals surface area (Å²) in [7, 11) is 0. The van der Waals surface area contributed by atoms with Crippen molar-refractivity contribution < 1.29 is 9.20 Å². The first-order valence-corrected chi connectivity index (χ1v) is 6.92. The van der Waals surface area contributed by atoms with E-state index >= 15 is 0 Å². The molecule has 2 heterocycles. The van der Waals surface area contributed by atoms with Crippen LogP contribution in [0.5, 0.6) is 0 Å². The molecule has 0 fully saturated rings. The monoisotopic (exact) mass is 281 g/mol. The quantitative estimate of drug-likeness (QED) is 0.635. The van der Waals surface area contributed by atoms with Gasteiger partial charge < -0.3 is 5.32 Å². The second-order valence-electron chi connectivity index (χ2n) is 4.65. The first-order chi connectivity index (χ1) is 10.3. The molecule has 0 atom stereocenters. The van der Waals surface area contributed by atoms with Crippen molar-refractivity contribution in [3.8, 4) is 11.3 Å². The third-order valence-electron chi connectivity index (χ3n) is 3.22. The highest BCUT2D eigenvalue weighted by Gasteiger charge is 2.21. The number of imidazole rings is 1. The number of nitrogens with zero attached hydrogens (tertiary/aromatic N) is 1. The van der Waals surface area contributed by atoms with E-state index in [1.54, 1.807) is 0 Å². The molecule has 3 N–H and O–H groups in total. The zero-order chi connectivity index (χ0) is 14.7. The number of carbonyl (C=O) groups excluding carboxylic acids is 1. The van der Waals surface area contributed by atoms with Gasteiger partial charge in [0, 0.05) is 18.2 Å². The Morgan fingerprint density at radius 3 is 2.67 bits per heavy atom. The minimum Gasteiger partial charge on any atom is -0.325 e. The van der Waals surface area contributed by atoms with Gasteiger partial charge in [-0.2, -0.15) is 0 Å². The van der Waals surface area contributed by atoms with Crippen LogP contribution in [-0.2, 0) is 0 Å². The first-order valence-electron chi connectivity index (χ1n) is 6.92. The number of amides is 2. The van der Waals surface area contributed by atoms with E-state index in [4.69, 9.17) is 0 Å². The molecule has 106 valence electrons. The fourth-order valence-electron chi connectivity index (χ4n) is 2.30. The van der Waals surface area contributed by atoms with Crippen molar-refractivity contribution in [1.29, 1.82) is 0 Å². The summed E-state index contributed by atoms with van der Waals surface area (Å²) in [5, 5.41) is 5.66. The largest absolute Gasteiger partial charge is 0.377 e. The van der Waals surface area contributed by atoms with Crippen molar-refractivity contribution in [1.82, 2.24) is 10.3 Å². The zero-order valence-corrected chi connectivity index (χ0v) is 11.8. The lowest BCUT2D eigenvalue weighted by Crippen LogP contribution is -2.33. The number of H-pyrrole nitrogens is 1. The summed E-state index contributed by atoms with van der Waals surface area (Å²) in [5.74, 6) is 0.725. The molecule has 5 heteroatoms. The number of nitrogens with one attached hydrogen (secondary N) is 3. The van der Waals surface area contributed by atoms with Crippen LogP contribution in [-0.4, -0.2) is 17.6 Å². The van der Waals surface area contributed by atoms with Crippen molar-refractivity contribution in [2.24, 2.45) is 0 Å². The molecular weight excluding hydrogens is 264 g/mol. The number of fused-ring (bicyclic) bond motifs is 1. The summed E-state index contributed by atoms with van der Waals surface area (Å²) >= 11 is 0. The van der Waals surface area contributed by atoms with Gasteiger partial charge in [-0.15, -0.1) is 0 Å². The van der Waals surface area contributed by atoms with Crippen LogP contribution in [0.15, 0.2) is 54.7 Å². The molecule has 0 unspecified atom stereocenters. The van der Waals surface area contributed by atoms with Crippen LogP contribution in [0.4, 0.5) is 10.6 Å². The van der Waals surface area contributed by atoms with Gasteiger partial charge in [-0.3, -0.25) is 4.98 Å². The predicted octanol–water partition coefficient (Wildman–Crippen LogP) is 2.56. The van der Waals surface area contributed by atoms with E-state index in [2.05, 4.69) is 15.6 Å². The third kappa shape index (κ3) is 2.58. The lowest BCUT2D eigenvalue weighted by atomic mass is 10.1. The van der Waals surface area contributed by atoms with Crippen molar-refractivity contribution >= 4 is 17.5 Å². The Bertz CT molecular complexity index is 764. The highest BCUT2D eigenvalue weighted by Crippen LogP contribution is 2.24. The molecule has 0 aliphatic heterocycles. The minimum absolute atomic E-state index is 0.216. The molecule has 0 bridgehead atoms. The van der Waals surface area contributed by atoms with Crippen LogP contribution < -0.4 is 15.0 Å². The molecule has 5 nitrogen and oxygen atoms in total. The molecule has 2 aromatic heterocycles. The zero-order valence-electron chi connectivity index (χ0n) is 11.8. The van der Waals surface area contributed by atoms with Crippen molar-refractivity contribution in [2.45, 2.75) is 6.92 Å². The van der Waals surface area contributed by atoms with Gasteiger partial charge in [-0.25, -0.2) is 14.5 Å². The van der Waals surface area contributed by atoms with Crippen LogP contribution in [0.25, 0.3) is 16.9 Å². The molecule has 0 spiro atoms. The van der Waals surface area contributed by atoms with Gasteiger partial charge >= 0.3 is 6.03 Å². The third-order valence-corrected chi connectivity index (χ3v) is 3.22. The van der Waals surface area contributed by atoms with Crippen LogP contribution >= 0.6 is 0 Å². The van der Waals surface area contributed by atoms with Gasteiger partial charge in [0.2, 0.25) is 5.65 Å². The second kappa shape index (κ2) is 5.66. The Balaban J connectivity index is 2.12. The molecule has 21 heavy (non-hydrogen) atoms. The molecule has 3 rings (SSSR count). The topological polar surface area (TPSA) is 61.0 Å². The van der Waals surface area contributed by atoms with Crippen LogP contribution in [0, 0.1) is 0 Å². The second-order valence-corrected chi connectivity index (χ2v) is 4.65. The predicted molar refractivity (Wildman–Crippen MR) is 82.1 cm³/mol. The van der Waals surface area contributed by atoms with Crippen molar-refractivity contribution in [3.05, 3.63) is 54.7 Å². The molecule has 0 aliphatic rings. The molecule has 2 amide bonds. The summed E-state index contributed by atoms with van der Waals surface area (Å²) < 4.78 is 1.93. The summed E-state index contributed by atoms with van der Waals surface area (Å²) in [6, 6.07) is 15.6. The molecule has 0 saturated heterocycles. The standard InChI is InChI=1S/C16H16N4O/c1-2-17-16(21)19-15-14(12-8-4-3-5-9-12)18-13-10-6-7-11-20(13)15/h3-11H,2H2,1H3,(H2,17,19,21)/p+1. The average Bonchev–Trinajstić information content (AvgIpc) is 2.87. The summed E-state index contributed by atoms with van der Waals surface area (Å²) in [4.78, 5) is 15.2. The van der Waals surface area contributed by atoms with Gasteiger partial charge in [0.1, 0.15) is 0 Å². The lowest BCUT2D eigenvalue weighted by Gasteiger charge is -2.02. The fraction of sp³-hybridized carbons (Fsp3) is 0.125. The summed E-state index contributed by atoms with van der Waals surface area (Å²) in [6.07, 6.45) is 1.92. The number of carbonyl (C=O) groups is 1. The van der Waals surface area contributed by atoms with Crippen LogP contribution in [0.1, 0.15) is 6.92 Å². The molecule has 1 aromatic carbocycles. The minimum atomic E-state index is -0.216. The van der Waals surface area contributed by atoms with Crippen molar-refractivity contribution in [2.75, 3.05) is 11.9 Å². The van der Waals surface area contributed by atoms with E-state index < -0.39 is 0 Å². The molecule has 0 aliphatic carbocycles. The van der Waals surface area contributed by atoms with Gasteiger partial charge in [-0.1, -0.05) is 36.4 Å². The summed E-state index contributed by atoms with van der Waals surface area (Å²) in [5.41, 5.74) is 2.82. The Hall–Kier alpha value is -2.82. The Kier molecular flexibility index (Phi) is 3.55. The molecule has 0 radical (unpaired) electrons. The number of anilines is 1. The van der Waals surface area contributed by atoms with Gasteiger partial charge in [0.05, 0.1) is 6.20 Å². The number of rotatable bonds is 3. The number of benzene rings is 1.